The lowest BCUT2D eigenvalue weighted by molar-refractivity contribution is -0.123. The Kier molecular flexibility index (Phi) is 9.55. The van der Waals surface area contributed by atoms with Gasteiger partial charge in [-0.05, 0) is 84.4 Å². The Morgan fingerprint density at radius 2 is 1.71 bits per heavy atom. The molecule has 1 saturated heterocycles. The number of carbonyl (C=O) groups excluding carboxylic acids is 3. The second-order valence-corrected chi connectivity index (χ2v) is 12.3. The van der Waals surface area contributed by atoms with E-state index in [1.54, 1.807) is 25.1 Å². The number of benzene rings is 3. The molecule has 1 aliphatic heterocycles. The van der Waals surface area contributed by atoms with Gasteiger partial charge in [-0.15, -0.1) is 0 Å². The van der Waals surface area contributed by atoms with Crippen molar-refractivity contribution in [2.45, 2.75) is 25.3 Å². The molecule has 0 saturated carbocycles. The second kappa shape index (κ2) is 12.7. The van der Waals surface area contributed by atoms with E-state index >= 15 is 0 Å². The van der Waals surface area contributed by atoms with Crippen molar-refractivity contribution < 1.29 is 31.7 Å². The molecule has 0 unspecified atom stereocenters. The summed E-state index contributed by atoms with van der Waals surface area (Å²) in [6.07, 6.45) is 1.45. The number of ether oxygens (including phenoxy) is 1. The summed E-state index contributed by atoms with van der Waals surface area (Å²) < 4.78 is 36.9. The molecule has 4 rings (SSSR count). The summed E-state index contributed by atoms with van der Waals surface area (Å²) >= 11 is 19.2. The van der Waals surface area contributed by atoms with E-state index in [9.17, 15) is 22.8 Å². The zero-order valence-corrected chi connectivity index (χ0v) is 25.3. The van der Waals surface area contributed by atoms with Gasteiger partial charge in [-0.2, -0.15) is 8.42 Å². The molecule has 0 radical (unpaired) electrons. The van der Waals surface area contributed by atoms with Gasteiger partial charge in [0.25, 0.3) is 11.1 Å². The number of thioether (sulfide) groups is 1. The van der Waals surface area contributed by atoms with Gasteiger partial charge in [-0.25, -0.2) is 0 Å². The molecule has 41 heavy (non-hydrogen) atoms. The number of anilines is 1. The predicted molar refractivity (Wildman–Crippen MR) is 159 cm³/mol. The Labute approximate surface area is 255 Å². The molecule has 0 atom stereocenters. The third-order valence-corrected chi connectivity index (χ3v) is 8.65. The molecule has 14 heteroatoms. The van der Waals surface area contributed by atoms with Crippen LogP contribution in [0.1, 0.15) is 25.0 Å². The first-order valence-corrected chi connectivity index (χ1v) is 15.2. The molecule has 3 amide bonds. The first-order valence-electron chi connectivity index (χ1n) is 11.9. The first kappa shape index (κ1) is 30.7. The molecule has 1 N–H and O–H groups in total. The molecule has 9 nitrogen and oxygen atoms in total. The van der Waals surface area contributed by atoms with E-state index < -0.39 is 21.3 Å². The molecular formula is C27H21Cl3N2O7S2. The maximum Gasteiger partial charge on any atom is 0.339 e. The minimum Gasteiger partial charge on any atom is -0.490 e. The lowest BCUT2D eigenvalue weighted by Gasteiger charge is -2.15. The van der Waals surface area contributed by atoms with Crippen LogP contribution in [0.5, 0.6) is 11.5 Å². The number of nitrogens with zero attached hydrogens (tertiary/aromatic N) is 1. The summed E-state index contributed by atoms with van der Waals surface area (Å²) in [4.78, 5) is 37.9. The topological polar surface area (TPSA) is 119 Å². The average Bonchev–Trinajstić information content (AvgIpc) is 3.15. The standard InChI is InChI=1S/C27H21Cl3N2O7S2/c1-3-38-23-12-17(13-24-26(34)32(27(35)40-24)14-16-4-9-20(28)21(29)10-16)11-22(30)25(23)39-41(36,37)19-7-5-18(6-8-19)31-15(2)33/h4-13H,3,14H2,1-2H3,(H,31,33)/b24-13-. The monoisotopic (exact) mass is 654 g/mol. The Hall–Kier alpha value is -3.22. The maximum atomic E-state index is 13.0. The molecule has 1 aliphatic rings. The van der Waals surface area contributed by atoms with Crippen LogP contribution in [-0.4, -0.2) is 37.0 Å². The molecule has 0 aromatic heterocycles. The van der Waals surface area contributed by atoms with Crippen molar-refractivity contribution >= 4 is 85.5 Å². The van der Waals surface area contributed by atoms with Crippen LogP contribution >= 0.6 is 46.6 Å². The van der Waals surface area contributed by atoms with E-state index in [1.807, 2.05) is 0 Å². The molecule has 3 aromatic rings. The van der Waals surface area contributed by atoms with Crippen molar-refractivity contribution in [3.63, 3.8) is 0 Å². The fourth-order valence-electron chi connectivity index (χ4n) is 3.69. The van der Waals surface area contributed by atoms with Crippen molar-refractivity contribution in [3.8, 4) is 11.5 Å². The summed E-state index contributed by atoms with van der Waals surface area (Å²) in [5, 5.41) is 2.63. The number of carbonyl (C=O) groups is 3. The minimum atomic E-state index is -4.34. The number of rotatable bonds is 9. The molecule has 0 aliphatic carbocycles. The van der Waals surface area contributed by atoms with Gasteiger partial charge in [0.2, 0.25) is 11.7 Å². The van der Waals surface area contributed by atoms with Crippen molar-refractivity contribution in [3.05, 3.63) is 85.7 Å². The van der Waals surface area contributed by atoms with Crippen LogP contribution in [0, 0.1) is 0 Å². The second-order valence-electron chi connectivity index (χ2n) is 8.52. The van der Waals surface area contributed by atoms with E-state index in [-0.39, 0.29) is 45.4 Å². The lowest BCUT2D eigenvalue weighted by Crippen LogP contribution is -2.27. The summed E-state index contributed by atoms with van der Waals surface area (Å²) in [6.45, 7) is 3.17. The number of amides is 3. The number of hydrogen-bond acceptors (Lipinski definition) is 8. The number of nitrogens with one attached hydrogen (secondary N) is 1. The van der Waals surface area contributed by atoms with Crippen LogP contribution in [0.15, 0.2) is 64.4 Å². The van der Waals surface area contributed by atoms with Crippen molar-refractivity contribution in [1.29, 1.82) is 0 Å². The fraction of sp³-hybridized carbons (Fsp3) is 0.148. The van der Waals surface area contributed by atoms with Gasteiger partial charge in [-0.1, -0.05) is 40.9 Å². The SMILES string of the molecule is CCOc1cc(/C=C2\SC(=O)N(Cc3ccc(Cl)c(Cl)c3)C2=O)cc(Cl)c1OS(=O)(=O)c1ccc(NC(C)=O)cc1. The molecule has 1 fully saturated rings. The third-order valence-electron chi connectivity index (χ3n) is 5.48. The highest BCUT2D eigenvalue weighted by Gasteiger charge is 2.35. The summed E-state index contributed by atoms with van der Waals surface area (Å²) in [6, 6.07) is 13.1. The first-order chi connectivity index (χ1) is 19.4. The van der Waals surface area contributed by atoms with E-state index in [0.717, 1.165) is 16.7 Å². The maximum absolute atomic E-state index is 13.0. The Morgan fingerprint density at radius 1 is 1.00 bits per heavy atom. The number of imide groups is 1. The highest BCUT2D eigenvalue weighted by Crippen LogP contribution is 2.41. The van der Waals surface area contributed by atoms with Crippen molar-refractivity contribution in [1.82, 2.24) is 4.90 Å². The Balaban J connectivity index is 1.59. The predicted octanol–water partition coefficient (Wildman–Crippen LogP) is 7.01. The third kappa shape index (κ3) is 7.35. The summed E-state index contributed by atoms with van der Waals surface area (Å²) in [7, 11) is -4.34. The van der Waals surface area contributed by atoms with Crippen LogP contribution in [0.4, 0.5) is 10.5 Å². The van der Waals surface area contributed by atoms with E-state index in [2.05, 4.69) is 5.32 Å². The van der Waals surface area contributed by atoms with E-state index in [1.165, 1.54) is 49.4 Å². The fourth-order valence-corrected chi connectivity index (χ4v) is 6.11. The number of hydrogen-bond donors (Lipinski definition) is 1. The molecule has 0 bridgehead atoms. The minimum absolute atomic E-state index is 0.000277. The zero-order valence-electron chi connectivity index (χ0n) is 21.4. The molecule has 1 heterocycles. The molecular weight excluding hydrogens is 635 g/mol. The van der Waals surface area contributed by atoms with Gasteiger partial charge in [0.1, 0.15) is 4.90 Å². The summed E-state index contributed by atoms with van der Waals surface area (Å²) in [5.41, 5.74) is 1.41. The van der Waals surface area contributed by atoms with Gasteiger partial charge >= 0.3 is 10.1 Å². The smallest absolute Gasteiger partial charge is 0.339 e. The van der Waals surface area contributed by atoms with Gasteiger partial charge < -0.3 is 14.2 Å². The molecule has 3 aromatic carbocycles. The van der Waals surface area contributed by atoms with Crippen molar-refractivity contribution in [2.24, 2.45) is 0 Å². The van der Waals surface area contributed by atoms with Gasteiger partial charge in [0, 0.05) is 12.6 Å². The van der Waals surface area contributed by atoms with Crippen LogP contribution < -0.4 is 14.2 Å². The normalized spacial score (nSPS) is 14.5. The Morgan fingerprint density at radius 3 is 2.34 bits per heavy atom. The van der Waals surface area contributed by atoms with Gasteiger partial charge in [-0.3, -0.25) is 19.3 Å². The quantitative estimate of drug-likeness (QED) is 0.193. The van der Waals surface area contributed by atoms with Crippen molar-refractivity contribution in [2.75, 3.05) is 11.9 Å². The molecule has 214 valence electrons. The van der Waals surface area contributed by atoms with Crippen LogP contribution in [0.3, 0.4) is 0 Å². The largest absolute Gasteiger partial charge is 0.490 e. The Bertz CT molecular complexity index is 1680. The molecule has 0 spiro atoms. The van der Waals surface area contributed by atoms with Crippen LogP contribution in [0.25, 0.3) is 6.08 Å². The number of halogens is 3. The van der Waals surface area contributed by atoms with Gasteiger partial charge in [0.15, 0.2) is 5.75 Å². The van der Waals surface area contributed by atoms with E-state index in [0.29, 0.717) is 26.9 Å². The van der Waals surface area contributed by atoms with Gasteiger partial charge in [0.05, 0.1) is 33.1 Å². The average molecular weight is 656 g/mol. The zero-order chi connectivity index (χ0) is 29.9. The summed E-state index contributed by atoms with van der Waals surface area (Å²) in [5.74, 6) is -1.06. The highest BCUT2D eigenvalue weighted by atomic mass is 35.5. The van der Waals surface area contributed by atoms with Crippen LogP contribution in [0.2, 0.25) is 15.1 Å². The van der Waals surface area contributed by atoms with E-state index in [4.69, 9.17) is 43.7 Å². The lowest BCUT2D eigenvalue weighted by atomic mass is 10.1. The highest BCUT2D eigenvalue weighted by molar-refractivity contribution is 8.18. The van der Waals surface area contributed by atoms with Crippen LogP contribution in [-0.2, 0) is 26.3 Å².